The van der Waals surface area contributed by atoms with Crippen LogP contribution < -0.4 is 10.6 Å². The smallest absolute Gasteiger partial charge is 0.290 e. The number of H-pyrrole nitrogens is 1. The van der Waals surface area contributed by atoms with Gasteiger partial charge in [-0.05, 0) is 25.8 Å². The van der Waals surface area contributed by atoms with Crippen LogP contribution in [-0.2, 0) is 6.42 Å². The van der Waals surface area contributed by atoms with Crippen molar-refractivity contribution in [1.29, 1.82) is 0 Å². The fourth-order valence-corrected chi connectivity index (χ4v) is 2.00. The van der Waals surface area contributed by atoms with Crippen molar-refractivity contribution < 1.29 is 4.79 Å². The minimum absolute atomic E-state index is 0.195. The maximum absolute atomic E-state index is 11.7. The van der Waals surface area contributed by atoms with Crippen molar-refractivity contribution in [3.8, 4) is 0 Å². The van der Waals surface area contributed by atoms with Gasteiger partial charge in [0.2, 0.25) is 5.82 Å². The summed E-state index contributed by atoms with van der Waals surface area (Å²) < 4.78 is 0. The van der Waals surface area contributed by atoms with E-state index >= 15 is 0 Å². The zero-order valence-corrected chi connectivity index (χ0v) is 10.1. The number of hydrogen-bond acceptors (Lipinski definition) is 4. The van der Waals surface area contributed by atoms with Crippen molar-refractivity contribution in [2.45, 2.75) is 38.6 Å². The van der Waals surface area contributed by atoms with Gasteiger partial charge < -0.3 is 10.6 Å². The van der Waals surface area contributed by atoms with Crippen LogP contribution in [0.15, 0.2) is 0 Å². The Labute approximate surface area is 101 Å². The Morgan fingerprint density at radius 3 is 3.12 bits per heavy atom. The second kappa shape index (κ2) is 5.77. The average molecular weight is 237 g/mol. The Morgan fingerprint density at radius 1 is 1.59 bits per heavy atom. The largest absolute Gasteiger partial charge is 0.349 e. The van der Waals surface area contributed by atoms with Crippen LogP contribution in [0.5, 0.6) is 0 Å². The molecular weight excluding hydrogens is 218 g/mol. The summed E-state index contributed by atoms with van der Waals surface area (Å²) in [4.78, 5) is 15.8. The molecule has 0 saturated carbocycles. The number of aryl methyl sites for hydroxylation is 1. The molecule has 1 fully saturated rings. The van der Waals surface area contributed by atoms with Crippen molar-refractivity contribution in [2.24, 2.45) is 0 Å². The summed E-state index contributed by atoms with van der Waals surface area (Å²) in [5, 5.41) is 12.8. The lowest BCUT2D eigenvalue weighted by Crippen LogP contribution is -2.31. The molecule has 2 rings (SSSR count). The Kier molecular flexibility index (Phi) is 4.08. The van der Waals surface area contributed by atoms with Crippen LogP contribution in [-0.4, -0.2) is 40.2 Å². The molecule has 1 amide bonds. The molecule has 6 heteroatoms. The minimum atomic E-state index is -0.195. The lowest BCUT2D eigenvalue weighted by Gasteiger charge is -2.09. The number of nitrogens with zero attached hydrogens (tertiary/aromatic N) is 2. The minimum Gasteiger partial charge on any atom is -0.349 e. The number of aromatic nitrogens is 3. The highest BCUT2D eigenvalue weighted by Crippen LogP contribution is 2.07. The van der Waals surface area contributed by atoms with Crippen LogP contribution in [0.1, 0.15) is 42.6 Å². The molecule has 3 N–H and O–H groups in total. The molecule has 0 bridgehead atoms. The molecule has 0 spiro atoms. The van der Waals surface area contributed by atoms with Crippen LogP contribution in [0.4, 0.5) is 0 Å². The molecule has 1 aliphatic rings. The number of carbonyl (C=O) groups excluding carboxylic acids is 1. The van der Waals surface area contributed by atoms with Crippen LogP contribution in [0.3, 0.4) is 0 Å². The maximum atomic E-state index is 11.7. The number of amides is 1. The Balaban J connectivity index is 1.72. The second-order valence-electron chi connectivity index (χ2n) is 4.30. The zero-order chi connectivity index (χ0) is 12.1. The van der Waals surface area contributed by atoms with Crippen molar-refractivity contribution in [1.82, 2.24) is 25.8 Å². The molecule has 6 nitrogen and oxygen atoms in total. The molecule has 94 valence electrons. The van der Waals surface area contributed by atoms with E-state index in [1.165, 1.54) is 12.8 Å². The van der Waals surface area contributed by atoms with Crippen molar-refractivity contribution in [3.63, 3.8) is 0 Å². The van der Waals surface area contributed by atoms with Gasteiger partial charge in [-0.3, -0.25) is 9.89 Å². The molecule has 0 aromatic carbocycles. The summed E-state index contributed by atoms with van der Waals surface area (Å²) in [7, 11) is 0. The fraction of sp³-hybridized carbons (Fsp3) is 0.727. The van der Waals surface area contributed by atoms with E-state index in [4.69, 9.17) is 0 Å². The first kappa shape index (κ1) is 12.0. The molecule has 1 atom stereocenters. The van der Waals surface area contributed by atoms with Gasteiger partial charge in [0.1, 0.15) is 5.82 Å². The highest BCUT2D eigenvalue weighted by atomic mass is 16.2. The molecule has 1 aromatic heterocycles. The van der Waals surface area contributed by atoms with Crippen molar-refractivity contribution >= 4 is 5.91 Å². The Morgan fingerprint density at radius 2 is 2.47 bits per heavy atom. The summed E-state index contributed by atoms with van der Waals surface area (Å²) in [6.45, 7) is 3.74. The van der Waals surface area contributed by atoms with Gasteiger partial charge >= 0.3 is 0 Å². The van der Waals surface area contributed by atoms with Crippen LogP contribution in [0.25, 0.3) is 0 Å². The van der Waals surface area contributed by atoms with Gasteiger partial charge in [0.05, 0.1) is 0 Å². The highest BCUT2D eigenvalue weighted by molar-refractivity contribution is 5.90. The van der Waals surface area contributed by atoms with Gasteiger partial charge in [-0.15, -0.1) is 5.10 Å². The summed E-state index contributed by atoms with van der Waals surface area (Å²) in [5.74, 6) is 0.785. The number of hydrogen-bond donors (Lipinski definition) is 3. The van der Waals surface area contributed by atoms with Crippen molar-refractivity contribution in [3.05, 3.63) is 11.6 Å². The maximum Gasteiger partial charge on any atom is 0.290 e. The molecule has 1 aliphatic heterocycles. The van der Waals surface area contributed by atoms with E-state index in [9.17, 15) is 4.79 Å². The monoisotopic (exact) mass is 237 g/mol. The van der Waals surface area contributed by atoms with E-state index in [1.807, 2.05) is 6.92 Å². The quantitative estimate of drug-likeness (QED) is 0.685. The molecule has 1 saturated heterocycles. The van der Waals surface area contributed by atoms with Gasteiger partial charge in [0.25, 0.3) is 5.91 Å². The molecular formula is C11H19N5O. The average Bonchev–Trinajstić information content (AvgIpc) is 2.99. The predicted molar refractivity (Wildman–Crippen MR) is 63.7 cm³/mol. The van der Waals surface area contributed by atoms with E-state index in [0.29, 0.717) is 12.6 Å². The molecule has 17 heavy (non-hydrogen) atoms. The van der Waals surface area contributed by atoms with Gasteiger partial charge in [0, 0.05) is 19.0 Å². The van der Waals surface area contributed by atoms with Gasteiger partial charge in [-0.25, -0.2) is 4.98 Å². The highest BCUT2D eigenvalue weighted by Gasteiger charge is 2.15. The van der Waals surface area contributed by atoms with Gasteiger partial charge in [-0.1, -0.05) is 6.92 Å². The van der Waals surface area contributed by atoms with E-state index < -0.39 is 0 Å². The number of aromatic amines is 1. The molecule has 0 aliphatic carbocycles. The standard InChI is InChI=1S/C11H19N5O/c1-2-9-14-10(16-15-9)11(17)13-7-5-8-4-3-6-12-8/h8,12H,2-7H2,1H3,(H,13,17)(H,14,15,16)/t8-/m0/s1. The molecule has 2 heterocycles. The summed E-state index contributed by atoms with van der Waals surface area (Å²) in [5.41, 5.74) is 0. The van der Waals surface area contributed by atoms with Crippen LogP contribution in [0, 0.1) is 0 Å². The fourth-order valence-electron chi connectivity index (χ4n) is 2.00. The number of nitrogens with one attached hydrogen (secondary N) is 3. The number of rotatable bonds is 5. The summed E-state index contributed by atoms with van der Waals surface area (Å²) >= 11 is 0. The normalized spacial score (nSPS) is 19.5. The van der Waals surface area contributed by atoms with E-state index in [0.717, 1.165) is 25.2 Å². The molecule has 0 unspecified atom stereocenters. The molecule has 0 radical (unpaired) electrons. The van der Waals surface area contributed by atoms with Gasteiger partial charge in [-0.2, -0.15) is 0 Å². The van der Waals surface area contributed by atoms with Crippen LogP contribution >= 0.6 is 0 Å². The zero-order valence-electron chi connectivity index (χ0n) is 10.1. The van der Waals surface area contributed by atoms with E-state index in [-0.39, 0.29) is 11.7 Å². The lowest BCUT2D eigenvalue weighted by molar-refractivity contribution is 0.0942. The van der Waals surface area contributed by atoms with Gasteiger partial charge in [0.15, 0.2) is 0 Å². The summed E-state index contributed by atoms with van der Waals surface area (Å²) in [6.07, 6.45) is 4.17. The SMILES string of the molecule is CCc1nc(C(=O)NCC[C@@H]2CCCN2)n[nH]1. The van der Waals surface area contributed by atoms with Crippen LogP contribution in [0.2, 0.25) is 0 Å². The van der Waals surface area contributed by atoms with E-state index in [1.54, 1.807) is 0 Å². The van der Waals surface area contributed by atoms with Crippen molar-refractivity contribution in [2.75, 3.05) is 13.1 Å². The third-order valence-electron chi connectivity index (χ3n) is 3.01. The first-order chi connectivity index (χ1) is 8.29. The topological polar surface area (TPSA) is 82.7 Å². The molecule has 1 aromatic rings. The Bertz CT molecular complexity index is 370. The lowest BCUT2D eigenvalue weighted by atomic mass is 10.1. The first-order valence-electron chi connectivity index (χ1n) is 6.22. The Hall–Kier alpha value is -1.43. The number of carbonyl (C=O) groups is 1. The third kappa shape index (κ3) is 3.26. The van der Waals surface area contributed by atoms with E-state index in [2.05, 4.69) is 25.8 Å². The summed E-state index contributed by atoms with van der Waals surface area (Å²) in [6, 6.07) is 0.550. The third-order valence-corrected chi connectivity index (χ3v) is 3.01. The predicted octanol–water partition coefficient (Wildman–Crippen LogP) is 0.239. The first-order valence-corrected chi connectivity index (χ1v) is 6.22. The second-order valence-corrected chi connectivity index (χ2v) is 4.30.